The van der Waals surface area contributed by atoms with E-state index in [1.54, 1.807) is 37.8 Å². The van der Waals surface area contributed by atoms with Crippen LogP contribution >= 0.6 is 0 Å². The zero-order valence-corrected chi connectivity index (χ0v) is 17.8. The van der Waals surface area contributed by atoms with Crippen molar-refractivity contribution < 1.29 is 23.9 Å². The number of carbonyl (C=O) groups is 4. The number of esters is 1. The average Bonchev–Trinajstić information content (AvgIpc) is 2.76. The molecule has 1 aliphatic heterocycles. The molecule has 1 saturated heterocycles. The molecule has 1 unspecified atom stereocenters. The monoisotopic (exact) mass is 414 g/mol. The summed E-state index contributed by atoms with van der Waals surface area (Å²) in [4.78, 5) is 50.8. The van der Waals surface area contributed by atoms with Gasteiger partial charge in [0.2, 0.25) is 11.8 Å². The van der Waals surface area contributed by atoms with E-state index < -0.39 is 17.8 Å². The number of Topliss-reactive ketones (excluding diaryl/α,β-unsaturated/α-hetero) is 1. The van der Waals surface area contributed by atoms with Crippen LogP contribution in [0.4, 0.5) is 0 Å². The minimum atomic E-state index is -0.929. The first-order valence-electron chi connectivity index (χ1n) is 10.4. The Morgan fingerprint density at radius 3 is 2.33 bits per heavy atom. The van der Waals surface area contributed by atoms with Gasteiger partial charge in [-0.05, 0) is 37.3 Å². The highest BCUT2D eigenvalue weighted by Crippen LogP contribution is 2.19. The van der Waals surface area contributed by atoms with Gasteiger partial charge in [0.25, 0.3) is 5.78 Å². The number of benzene rings is 1. The summed E-state index contributed by atoms with van der Waals surface area (Å²) in [5.74, 6) is -2.56. The molecule has 1 N–H and O–H groups in total. The predicted molar refractivity (Wildman–Crippen MR) is 113 cm³/mol. The number of likely N-dealkylation sites (tertiary alicyclic amines) is 1. The second kappa shape index (κ2) is 11.3. The van der Waals surface area contributed by atoms with Crippen molar-refractivity contribution in [2.45, 2.75) is 39.7 Å². The number of hydrogen-bond acceptors (Lipinski definition) is 5. The summed E-state index contributed by atoms with van der Waals surface area (Å²) in [6, 6.07) is 8.66. The predicted octanol–water partition coefficient (Wildman–Crippen LogP) is 2.21. The molecule has 0 aliphatic carbocycles. The lowest BCUT2D eigenvalue weighted by molar-refractivity contribution is -0.155. The Morgan fingerprint density at radius 1 is 1.13 bits per heavy atom. The van der Waals surface area contributed by atoms with Gasteiger partial charge in [0, 0.05) is 25.1 Å². The van der Waals surface area contributed by atoms with E-state index in [4.69, 9.17) is 4.74 Å². The highest BCUT2D eigenvalue weighted by atomic mass is 16.5. The van der Waals surface area contributed by atoms with Gasteiger partial charge in [-0.15, -0.1) is 0 Å². The molecule has 1 aromatic rings. The normalized spacial score (nSPS) is 15.8. The van der Waals surface area contributed by atoms with Crippen molar-refractivity contribution in [1.82, 2.24) is 10.2 Å². The molecule has 30 heavy (non-hydrogen) atoms. The number of ketones is 1. The summed E-state index contributed by atoms with van der Waals surface area (Å²) in [5, 5.41) is 2.71. The fourth-order valence-corrected chi connectivity index (χ4v) is 3.33. The third-order valence-corrected chi connectivity index (χ3v) is 5.12. The number of piperidine rings is 1. The lowest BCUT2D eigenvalue weighted by Gasteiger charge is -2.31. The van der Waals surface area contributed by atoms with Crippen molar-refractivity contribution in [1.29, 1.82) is 0 Å². The number of nitrogens with zero attached hydrogens (tertiary/aromatic N) is 1. The van der Waals surface area contributed by atoms with Crippen molar-refractivity contribution in [3.05, 3.63) is 42.0 Å². The summed E-state index contributed by atoms with van der Waals surface area (Å²) < 4.78 is 4.77. The Hall–Kier alpha value is -2.96. The van der Waals surface area contributed by atoms with Gasteiger partial charge in [-0.3, -0.25) is 14.4 Å². The zero-order valence-electron chi connectivity index (χ0n) is 17.8. The van der Waals surface area contributed by atoms with Crippen LogP contribution in [0, 0.1) is 11.8 Å². The molecule has 2 amide bonds. The largest absolute Gasteiger partial charge is 0.460 e. The van der Waals surface area contributed by atoms with Crippen molar-refractivity contribution in [2.24, 2.45) is 11.8 Å². The molecule has 7 heteroatoms. The lowest BCUT2D eigenvalue weighted by Crippen LogP contribution is -2.51. The number of amides is 2. The Balaban J connectivity index is 1.88. The molecule has 1 aliphatic rings. The first-order valence-corrected chi connectivity index (χ1v) is 10.4. The van der Waals surface area contributed by atoms with E-state index >= 15 is 0 Å². The zero-order chi connectivity index (χ0) is 22.1. The van der Waals surface area contributed by atoms with Crippen LogP contribution in [0.25, 0.3) is 6.08 Å². The van der Waals surface area contributed by atoms with Crippen LogP contribution in [-0.4, -0.2) is 54.2 Å². The maximum atomic E-state index is 12.7. The molecule has 0 bridgehead atoms. The Labute approximate surface area is 177 Å². The van der Waals surface area contributed by atoms with Crippen molar-refractivity contribution in [2.75, 3.05) is 19.7 Å². The van der Waals surface area contributed by atoms with Gasteiger partial charge in [0.05, 0.1) is 6.61 Å². The maximum Gasteiger partial charge on any atom is 0.376 e. The molecular weight excluding hydrogens is 384 g/mol. The topological polar surface area (TPSA) is 92.8 Å². The first kappa shape index (κ1) is 23.3. The van der Waals surface area contributed by atoms with Crippen LogP contribution in [0.3, 0.4) is 0 Å². The van der Waals surface area contributed by atoms with Gasteiger partial charge >= 0.3 is 5.97 Å². The van der Waals surface area contributed by atoms with E-state index in [0.717, 1.165) is 5.56 Å². The second-order valence-corrected chi connectivity index (χ2v) is 7.66. The summed E-state index contributed by atoms with van der Waals surface area (Å²) in [6.45, 7) is 6.19. The quantitative estimate of drug-likeness (QED) is 0.400. The van der Waals surface area contributed by atoms with Gasteiger partial charge in [-0.25, -0.2) is 4.79 Å². The molecule has 1 atom stereocenters. The van der Waals surface area contributed by atoms with Crippen LogP contribution in [0.15, 0.2) is 36.4 Å². The number of hydrogen-bond donors (Lipinski definition) is 1. The standard InChI is InChI=1S/C23H30N2O5/c1-4-30-23(29)21(27)20(16(2)3)24-22(28)18-12-14-25(15-13-18)19(26)11-10-17-8-6-5-7-9-17/h5-11,16,18,20H,4,12-15H2,1-3H3,(H,24,28)/b11-10+. The van der Waals surface area contributed by atoms with Crippen LogP contribution in [-0.2, 0) is 23.9 Å². The molecular formula is C23H30N2O5. The van der Waals surface area contributed by atoms with Gasteiger partial charge in [0.1, 0.15) is 6.04 Å². The smallest absolute Gasteiger partial charge is 0.376 e. The van der Waals surface area contributed by atoms with Gasteiger partial charge in [-0.2, -0.15) is 0 Å². The van der Waals surface area contributed by atoms with E-state index in [9.17, 15) is 19.2 Å². The Kier molecular flexibility index (Phi) is 8.77. The van der Waals surface area contributed by atoms with Crippen LogP contribution < -0.4 is 5.32 Å². The third-order valence-electron chi connectivity index (χ3n) is 5.12. The molecule has 7 nitrogen and oxygen atoms in total. The highest BCUT2D eigenvalue weighted by Gasteiger charge is 2.34. The van der Waals surface area contributed by atoms with E-state index in [1.807, 2.05) is 30.3 Å². The molecule has 0 aromatic heterocycles. The van der Waals surface area contributed by atoms with Gasteiger partial charge < -0.3 is 15.0 Å². The molecule has 1 heterocycles. The number of carbonyl (C=O) groups excluding carboxylic acids is 4. The fourth-order valence-electron chi connectivity index (χ4n) is 3.33. The molecule has 0 saturated carbocycles. The molecule has 1 fully saturated rings. The number of ether oxygens (including phenoxy) is 1. The third kappa shape index (κ3) is 6.54. The summed E-state index contributed by atoms with van der Waals surface area (Å²) in [7, 11) is 0. The summed E-state index contributed by atoms with van der Waals surface area (Å²) in [5.41, 5.74) is 0.950. The maximum absolute atomic E-state index is 12.7. The molecule has 162 valence electrons. The van der Waals surface area contributed by atoms with Gasteiger partial charge in [-0.1, -0.05) is 44.2 Å². The second-order valence-electron chi connectivity index (χ2n) is 7.66. The number of nitrogens with one attached hydrogen (secondary N) is 1. The highest BCUT2D eigenvalue weighted by molar-refractivity contribution is 6.36. The van der Waals surface area contributed by atoms with E-state index in [2.05, 4.69) is 5.32 Å². The molecule has 0 radical (unpaired) electrons. The first-order chi connectivity index (χ1) is 14.3. The molecule has 2 rings (SSSR count). The van der Waals surface area contributed by atoms with Crippen LogP contribution in [0.1, 0.15) is 39.2 Å². The SMILES string of the molecule is CCOC(=O)C(=O)C(NC(=O)C1CCN(C(=O)/C=C/c2ccccc2)CC1)C(C)C. The van der Waals surface area contributed by atoms with E-state index in [-0.39, 0.29) is 30.3 Å². The van der Waals surface area contributed by atoms with E-state index in [1.165, 1.54) is 0 Å². The molecule has 0 spiro atoms. The van der Waals surface area contributed by atoms with Crippen LogP contribution in [0.5, 0.6) is 0 Å². The summed E-state index contributed by atoms with van der Waals surface area (Å²) >= 11 is 0. The van der Waals surface area contributed by atoms with Crippen molar-refractivity contribution in [3.63, 3.8) is 0 Å². The molecule has 1 aromatic carbocycles. The van der Waals surface area contributed by atoms with Crippen molar-refractivity contribution in [3.8, 4) is 0 Å². The lowest BCUT2D eigenvalue weighted by atomic mass is 9.93. The summed E-state index contributed by atoms with van der Waals surface area (Å²) in [6.07, 6.45) is 4.34. The Morgan fingerprint density at radius 2 is 1.77 bits per heavy atom. The van der Waals surface area contributed by atoms with Crippen molar-refractivity contribution >= 4 is 29.6 Å². The van der Waals surface area contributed by atoms with Crippen LogP contribution in [0.2, 0.25) is 0 Å². The van der Waals surface area contributed by atoms with E-state index in [0.29, 0.717) is 25.9 Å². The average molecular weight is 415 g/mol. The Bertz CT molecular complexity index is 780. The minimum absolute atomic E-state index is 0.0877. The minimum Gasteiger partial charge on any atom is -0.460 e. The fraction of sp³-hybridized carbons (Fsp3) is 0.478. The van der Waals surface area contributed by atoms with Gasteiger partial charge in [0.15, 0.2) is 0 Å². The number of rotatable bonds is 8.